The Hall–Kier alpha value is -1.32. The molecule has 0 amide bonds. The van der Waals surface area contributed by atoms with Gasteiger partial charge in [0.15, 0.2) is 0 Å². The van der Waals surface area contributed by atoms with Gasteiger partial charge >= 0.3 is 0 Å². The second-order valence-electron chi connectivity index (χ2n) is 5.20. The first-order valence-corrected chi connectivity index (χ1v) is 8.14. The van der Waals surface area contributed by atoms with Gasteiger partial charge in [-0.2, -0.15) is 11.3 Å². The number of benzene rings is 1. The highest BCUT2D eigenvalue weighted by Gasteiger charge is 1.99. The average Bonchev–Trinajstić information content (AvgIpc) is 2.96. The van der Waals surface area contributed by atoms with Gasteiger partial charge in [-0.05, 0) is 59.0 Å². The lowest BCUT2D eigenvalue weighted by molar-refractivity contribution is 0.314. The molecule has 2 rings (SSSR count). The SMILES string of the molecule is CC(C)c1ccc(OCCNCCc2ccsc2)cc1. The van der Waals surface area contributed by atoms with Crippen LogP contribution in [0, 0.1) is 0 Å². The molecule has 1 aromatic carbocycles. The molecule has 0 aliphatic rings. The van der Waals surface area contributed by atoms with Crippen LogP contribution in [0.2, 0.25) is 0 Å². The summed E-state index contributed by atoms with van der Waals surface area (Å²) in [6.07, 6.45) is 1.09. The Morgan fingerprint density at radius 3 is 2.55 bits per heavy atom. The summed E-state index contributed by atoms with van der Waals surface area (Å²) in [7, 11) is 0. The van der Waals surface area contributed by atoms with Crippen LogP contribution in [0.4, 0.5) is 0 Å². The van der Waals surface area contributed by atoms with Gasteiger partial charge in [0.05, 0.1) is 0 Å². The Morgan fingerprint density at radius 1 is 1.10 bits per heavy atom. The van der Waals surface area contributed by atoms with Gasteiger partial charge in [0, 0.05) is 6.54 Å². The minimum atomic E-state index is 0.572. The maximum absolute atomic E-state index is 5.72. The highest BCUT2D eigenvalue weighted by atomic mass is 32.1. The first-order chi connectivity index (χ1) is 9.75. The number of rotatable bonds is 8. The van der Waals surface area contributed by atoms with Gasteiger partial charge in [0.1, 0.15) is 12.4 Å². The zero-order valence-electron chi connectivity index (χ0n) is 12.3. The maximum Gasteiger partial charge on any atom is 0.119 e. The number of ether oxygens (including phenoxy) is 1. The lowest BCUT2D eigenvalue weighted by Crippen LogP contribution is -2.23. The molecule has 20 heavy (non-hydrogen) atoms. The molecular formula is C17H23NOS. The van der Waals surface area contributed by atoms with E-state index in [2.05, 4.69) is 60.3 Å². The fraction of sp³-hybridized carbons (Fsp3) is 0.412. The molecule has 2 aromatic rings. The van der Waals surface area contributed by atoms with Crippen LogP contribution in [0.3, 0.4) is 0 Å². The summed E-state index contributed by atoms with van der Waals surface area (Å²) in [5, 5.41) is 7.73. The third-order valence-electron chi connectivity index (χ3n) is 3.26. The van der Waals surface area contributed by atoms with Crippen molar-refractivity contribution in [2.24, 2.45) is 0 Å². The van der Waals surface area contributed by atoms with Crippen LogP contribution in [0.15, 0.2) is 41.1 Å². The Morgan fingerprint density at radius 2 is 1.90 bits per heavy atom. The Balaban J connectivity index is 1.58. The van der Waals surface area contributed by atoms with Crippen molar-refractivity contribution in [2.45, 2.75) is 26.2 Å². The van der Waals surface area contributed by atoms with Gasteiger partial charge in [0.2, 0.25) is 0 Å². The van der Waals surface area contributed by atoms with Crippen molar-refractivity contribution in [3.05, 3.63) is 52.2 Å². The van der Waals surface area contributed by atoms with E-state index in [1.807, 2.05) is 0 Å². The summed E-state index contributed by atoms with van der Waals surface area (Å²) in [4.78, 5) is 0. The van der Waals surface area contributed by atoms with Crippen molar-refractivity contribution in [1.29, 1.82) is 0 Å². The normalized spacial score (nSPS) is 10.9. The lowest BCUT2D eigenvalue weighted by Gasteiger charge is -2.09. The molecule has 1 heterocycles. The van der Waals surface area contributed by atoms with Crippen LogP contribution in [0.1, 0.15) is 30.9 Å². The van der Waals surface area contributed by atoms with E-state index in [4.69, 9.17) is 4.74 Å². The molecule has 0 saturated heterocycles. The summed E-state index contributed by atoms with van der Waals surface area (Å²) >= 11 is 1.76. The van der Waals surface area contributed by atoms with E-state index in [0.717, 1.165) is 25.3 Å². The number of hydrogen-bond donors (Lipinski definition) is 1. The summed E-state index contributed by atoms with van der Waals surface area (Å²) in [5.74, 6) is 1.52. The van der Waals surface area contributed by atoms with Crippen molar-refractivity contribution >= 4 is 11.3 Å². The maximum atomic E-state index is 5.72. The smallest absolute Gasteiger partial charge is 0.119 e. The molecule has 0 fully saturated rings. The van der Waals surface area contributed by atoms with Gasteiger partial charge in [-0.3, -0.25) is 0 Å². The van der Waals surface area contributed by atoms with E-state index in [9.17, 15) is 0 Å². The topological polar surface area (TPSA) is 21.3 Å². The van der Waals surface area contributed by atoms with Gasteiger partial charge in [-0.25, -0.2) is 0 Å². The fourth-order valence-electron chi connectivity index (χ4n) is 1.98. The molecule has 0 radical (unpaired) electrons. The molecule has 0 unspecified atom stereocenters. The summed E-state index contributed by atoms with van der Waals surface area (Å²) < 4.78 is 5.72. The molecule has 0 bridgehead atoms. The third-order valence-corrected chi connectivity index (χ3v) is 4.00. The van der Waals surface area contributed by atoms with Gasteiger partial charge < -0.3 is 10.1 Å². The molecule has 1 N–H and O–H groups in total. The molecule has 0 atom stereocenters. The van der Waals surface area contributed by atoms with E-state index in [1.165, 1.54) is 11.1 Å². The molecule has 1 aromatic heterocycles. The summed E-state index contributed by atoms with van der Waals surface area (Å²) in [6.45, 7) is 7.01. The van der Waals surface area contributed by atoms with Crippen LogP contribution in [-0.2, 0) is 6.42 Å². The van der Waals surface area contributed by atoms with E-state index in [1.54, 1.807) is 11.3 Å². The molecule has 3 heteroatoms. The van der Waals surface area contributed by atoms with Gasteiger partial charge in [-0.15, -0.1) is 0 Å². The molecular weight excluding hydrogens is 266 g/mol. The van der Waals surface area contributed by atoms with E-state index < -0.39 is 0 Å². The number of nitrogens with one attached hydrogen (secondary N) is 1. The van der Waals surface area contributed by atoms with E-state index in [-0.39, 0.29) is 0 Å². The lowest BCUT2D eigenvalue weighted by atomic mass is 10.0. The predicted octanol–water partition coefficient (Wildman–Crippen LogP) is 4.08. The minimum Gasteiger partial charge on any atom is -0.492 e. The van der Waals surface area contributed by atoms with Crippen molar-refractivity contribution < 1.29 is 4.74 Å². The van der Waals surface area contributed by atoms with Crippen LogP contribution in [-0.4, -0.2) is 19.7 Å². The van der Waals surface area contributed by atoms with E-state index >= 15 is 0 Å². The van der Waals surface area contributed by atoms with Crippen LogP contribution < -0.4 is 10.1 Å². The van der Waals surface area contributed by atoms with Gasteiger partial charge in [-0.1, -0.05) is 26.0 Å². The summed E-state index contributed by atoms with van der Waals surface area (Å²) in [6, 6.07) is 10.6. The summed E-state index contributed by atoms with van der Waals surface area (Å²) in [5.41, 5.74) is 2.76. The van der Waals surface area contributed by atoms with Crippen molar-refractivity contribution in [3.63, 3.8) is 0 Å². The molecule has 0 spiro atoms. The highest BCUT2D eigenvalue weighted by Crippen LogP contribution is 2.18. The second kappa shape index (κ2) is 8.08. The largest absolute Gasteiger partial charge is 0.492 e. The quantitative estimate of drug-likeness (QED) is 0.739. The Bertz CT molecular complexity index is 476. The second-order valence-corrected chi connectivity index (χ2v) is 5.98. The predicted molar refractivity (Wildman–Crippen MR) is 86.9 cm³/mol. The molecule has 0 saturated carbocycles. The first-order valence-electron chi connectivity index (χ1n) is 7.20. The zero-order valence-corrected chi connectivity index (χ0v) is 13.1. The van der Waals surface area contributed by atoms with Crippen LogP contribution in [0.5, 0.6) is 5.75 Å². The van der Waals surface area contributed by atoms with Crippen molar-refractivity contribution in [3.8, 4) is 5.75 Å². The number of hydrogen-bond acceptors (Lipinski definition) is 3. The minimum absolute atomic E-state index is 0.572. The third kappa shape index (κ3) is 4.99. The van der Waals surface area contributed by atoms with Crippen molar-refractivity contribution in [1.82, 2.24) is 5.32 Å². The molecule has 108 valence electrons. The standard InChI is InChI=1S/C17H23NOS/c1-14(2)16-3-5-17(6-4-16)19-11-10-18-9-7-15-8-12-20-13-15/h3-6,8,12-14,18H,7,9-11H2,1-2H3. The zero-order chi connectivity index (χ0) is 14.2. The molecule has 2 nitrogen and oxygen atoms in total. The van der Waals surface area contributed by atoms with Crippen molar-refractivity contribution in [2.75, 3.05) is 19.7 Å². The van der Waals surface area contributed by atoms with Crippen LogP contribution >= 0.6 is 11.3 Å². The average molecular weight is 289 g/mol. The highest BCUT2D eigenvalue weighted by molar-refractivity contribution is 7.07. The van der Waals surface area contributed by atoms with Crippen LogP contribution in [0.25, 0.3) is 0 Å². The Kier molecular flexibility index (Phi) is 6.09. The van der Waals surface area contributed by atoms with Gasteiger partial charge in [0.25, 0.3) is 0 Å². The first kappa shape index (κ1) is 15.1. The monoisotopic (exact) mass is 289 g/mol. The molecule has 0 aliphatic heterocycles. The fourth-order valence-corrected chi connectivity index (χ4v) is 2.69. The number of thiophene rings is 1. The molecule has 0 aliphatic carbocycles. The van der Waals surface area contributed by atoms with E-state index in [0.29, 0.717) is 12.5 Å². The Labute approximate surface area is 125 Å².